The summed E-state index contributed by atoms with van der Waals surface area (Å²) >= 11 is 3.44. The van der Waals surface area contributed by atoms with Crippen molar-refractivity contribution in [2.45, 2.75) is 13.0 Å². The molecule has 1 rings (SSSR count). The van der Waals surface area contributed by atoms with Crippen molar-refractivity contribution in [2.24, 2.45) is 4.99 Å². The summed E-state index contributed by atoms with van der Waals surface area (Å²) in [6, 6.07) is 7.65. The van der Waals surface area contributed by atoms with Crippen molar-refractivity contribution < 1.29 is 13.2 Å². The fourth-order valence-corrected chi connectivity index (χ4v) is 2.53. The van der Waals surface area contributed by atoms with Gasteiger partial charge in [0.2, 0.25) is 10.0 Å². The second-order valence-electron chi connectivity index (χ2n) is 4.91. The first-order chi connectivity index (χ1) is 10.8. The topological polar surface area (TPSA) is 91.8 Å². The molecule has 0 aliphatic carbocycles. The van der Waals surface area contributed by atoms with Crippen molar-refractivity contribution in [3.63, 3.8) is 0 Å². The molecular weight excluding hydrogens is 384 g/mol. The zero-order valence-corrected chi connectivity index (χ0v) is 15.9. The van der Waals surface area contributed by atoms with Crippen LogP contribution in [-0.2, 0) is 10.0 Å². The van der Waals surface area contributed by atoms with Gasteiger partial charge in [0.25, 0.3) is 0 Å². The summed E-state index contributed by atoms with van der Waals surface area (Å²) in [6.07, 6.45) is 1.06. The van der Waals surface area contributed by atoms with E-state index in [0.29, 0.717) is 25.6 Å². The zero-order chi connectivity index (χ0) is 17.3. The highest BCUT2D eigenvalue weighted by Crippen LogP contribution is 2.24. The van der Waals surface area contributed by atoms with Gasteiger partial charge in [-0.2, -0.15) is 0 Å². The molecule has 0 saturated carbocycles. The van der Waals surface area contributed by atoms with Crippen molar-refractivity contribution in [2.75, 3.05) is 32.9 Å². The number of hydrogen-bond acceptors (Lipinski definition) is 4. The lowest BCUT2D eigenvalue weighted by Crippen LogP contribution is -2.44. The van der Waals surface area contributed by atoms with E-state index in [1.807, 2.05) is 31.2 Å². The van der Waals surface area contributed by atoms with Crippen molar-refractivity contribution in [3.8, 4) is 5.75 Å². The highest BCUT2D eigenvalue weighted by Gasteiger charge is 2.08. The van der Waals surface area contributed by atoms with Gasteiger partial charge < -0.3 is 15.4 Å². The van der Waals surface area contributed by atoms with E-state index in [2.05, 4.69) is 36.3 Å². The van der Waals surface area contributed by atoms with Crippen LogP contribution in [0.25, 0.3) is 0 Å². The molecule has 0 saturated heterocycles. The first-order valence-corrected chi connectivity index (χ1v) is 9.80. The molecule has 0 heterocycles. The summed E-state index contributed by atoms with van der Waals surface area (Å²) in [5, 5.41) is 6.15. The van der Waals surface area contributed by atoms with Gasteiger partial charge in [0.15, 0.2) is 5.96 Å². The second kappa shape index (κ2) is 9.74. The van der Waals surface area contributed by atoms with Crippen LogP contribution in [0, 0.1) is 0 Å². The Morgan fingerprint density at radius 1 is 1.30 bits per heavy atom. The monoisotopic (exact) mass is 406 g/mol. The lowest BCUT2D eigenvalue weighted by molar-refractivity contribution is 0.222. The van der Waals surface area contributed by atoms with E-state index >= 15 is 0 Å². The lowest BCUT2D eigenvalue weighted by atomic mass is 10.3. The molecule has 0 amide bonds. The van der Waals surface area contributed by atoms with Crippen molar-refractivity contribution >= 4 is 31.9 Å². The minimum Gasteiger partial charge on any atom is -0.488 e. The number of nitrogens with one attached hydrogen (secondary N) is 3. The minimum absolute atomic E-state index is 0.0682. The highest BCUT2D eigenvalue weighted by molar-refractivity contribution is 9.10. The van der Waals surface area contributed by atoms with Gasteiger partial charge in [-0.1, -0.05) is 12.1 Å². The molecule has 0 spiro atoms. The number of aliphatic imine (C=N–C) groups is 1. The van der Waals surface area contributed by atoms with Gasteiger partial charge in [0, 0.05) is 20.1 Å². The fourth-order valence-electron chi connectivity index (χ4n) is 1.68. The Bertz CT molecular complexity index is 622. The van der Waals surface area contributed by atoms with Gasteiger partial charge in [-0.15, -0.1) is 0 Å². The quantitative estimate of drug-likeness (QED) is 0.339. The third-order valence-corrected chi connectivity index (χ3v) is 4.11. The van der Waals surface area contributed by atoms with Crippen LogP contribution in [-0.4, -0.2) is 53.4 Å². The number of sulfonamides is 1. The van der Waals surface area contributed by atoms with Gasteiger partial charge in [-0.3, -0.25) is 4.99 Å². The molecule has 1 aromatic rings. The van der Waals surface area contributed by atoms with Gasteiger partial charge >= 0.3 is 0 Å². The summed E-state index contributed by atoms with van der Waals surface area (Å²) < 4.78 is 31.0. The molecule has 3 N–H and O–H groups in total. The fraction of sp³-hybridized carbons (Fsp3) is 0.500. The maximum absolute atomic E-state index is 11.0. The molecule has 0 aromatic heterocycles. The van der Waals surface area contributed by atoms with Crippen LogP contribution in [0.3, 0.4) is 0 Å². The largest absolute Gasteiger partial charge is 0.488 e. The average molecular weight is 407 g/mol. The Morgan fingerprint density at radius 3 is 2.61 bits per heavy atom. The van der Waals surface area contributed by atoms with Crippen LogP contribution in [0.2, 0.25) is 0 Å². The van der Waals surface area contributed by atoms with Crippen LogP contribution >= 0.6 is 15.9 Å². The van der Waals surface area contributed by atoms with Gasteiger partial charge in [-0.25, -0.2) is 13.1 Å². The van der Waals surface area contributed by atoms with Crippen LogP contribution in [0.1, 0.15) is 6.92 Å². The third kappa shape index (κ3) is 8.77. The molecule has 1 unspecified atom stereocenters. The number of rotatable bonds is 8. The summed E-state index contributed by atoms with van der Waals surface area (Å²) in [7, 11) is -1.52. The number of halogens is 1. The van der Waals surface area contributed by atoms with Gasteiger partial charge in [0.05, 0.1) is 17.3 Å². The SMILES string of the molecule is CN=C(NCCNS(C)(=O)=O)NCC(C)Oc1ccccc1Br. The molecular formula is C14H23BrN4O3S. The lowest BCUT2D eigenvalue weighted by Gasteiger charge is -2.18. The Hall–Kier alpha value is -1.32. The molecule has 130 valence electrons. The van der Waals surface area contributed by atoms with E-state index in [4.69, 9.17) is 4.74 Å². The van der Waals surface area contributed by atoms with Crippen molar-refractivity contribution in [1.29, 1.82) is 0 Å². The van der Waals surface area contributed by atoms with E-state index in [-0.39, 0.29) is 6.10 Å². The normalized spacial score (nSPS) is 13.5. The van der Waals surface area contributed by atoms with Crippen LogP contribution in [0.5, 0.6) is 5.75 Å². The average Bonchev–Trinajstić information content (AvgIpc) is 2.48. The first kappa shape index (κ1) is 19.7. The Kier molecular flexibility index (Phi) is 8.35. The summed E-state index contributed by atoms with van der Waals surface area (Å²) in [4.78, 5) is 4.07. The maximum Gasteiger partial charge on any atom is 0.208 e. The van der Waals surface area contributed by atoms with E-state index < -0.39 is 10.0 Å². The number of nitrogens with zero attached hydrogens (tertiary/aromatic N) is 1. The standard InChI is InChI=1S/C14H23BrN4O3S/c1-11(22-13-7-5-4-6-12(13)15)10-18-14(16-2)17-8-9-19-23(3,20)21/h4-7,11,19H,8-10H2,1-3H3,(H2,16,17,18). The molecule has 23 heavy (non-hydrogen) atoms. The van der Waals surface area contributed by atoms with Crippen molar-refractivity contribution in [3.05, 3.63) is 28.7 Å². The van der Waals surface area contributed by atoms with Crippen LogP contribution in [0.15, 0.2) is 33.7 Å². The van der Waals surface area contributed by atoms with Crippen molar-refractivity contribution in [1.82, 2.24) is 15.4 Å². The summed E-state index contributed by atoms with van der Waals surface area (Å²) in [6.45, 7) is 3.24. The molecule has 1 aromatic carbocycles. The molecule has 0 aliphatic rings. The van der Waals surface area contributed by atoms with E-state index in [1.54, 1.807) is 7.05 Å². The predicted octanol–water partition coefficient (Wildman–Crippen LogP) is 0.931. The third-order valence-electron chi connectivity index (χ3n) is 2.73. The van der Waals surface area contributed by atoms with Crippen LogP contribution in [0.4, 0.5) is 0 Å². The Balaban J connectivity index is 2.32. The second-order valence-corrected chi connectivity index (χ2v) is 7.59. The molecule has 1 atom stereocenters. The molecule has 7 nitrogen and oxygen atoms in total. The maximum atomic E-state index is 11.0. The molecule has 0 fully saturated rings. The van der Waals surface area contributed by atoms with E-state index in [0.717, 1.165) is 16.5 Å². The number of para-hydroxylation sites is 1. The predicted molar refractivity (Wildman–Crippen MR) is 96.4 cm³/mol. The molecule has 0 aliphatic heterocycles. The highest BCUT2D eigenvalue weighted by atomic mass is 79.9. The number of benzene rings is 1. The Morgan fingerprint density at radius 2 is 2.00 bits per heavy atom. The van der Waals surface area contributed by atoms with Gasteiger partial charge in [0.1, 0.15) is 11.9 Å². The Labute approximate surface area is 146 Å². The number of hydrogen-bond donors (Lipinski definition) is 3. The smallest absolute Gasteiger partial charge is 0.208 e. The first-order valence-electron chi connectivity index (χ1n) is 7.12. The van der Waals surface area contributed by atoms with Gasteiger partial charge in [-0.05, 0) is 35.0 Å². The van der Waals surface area contributed by atoms with E-state index in [9.17, 15) is 8.42 Å². The number of guanidine groups is 1. The zero-order valence-electron chi connectivity index (χ0n) is 13.5. The molecule has 0 radical (unpaired) electrons. The molecule has 0 bridgehead atoms. The molecule has 9 heteroatoms. The summed E-state index contributed by atoms with van der Waals surface area (Å²) in [5.41, 5.74) is 0. The van der Waals surface area contributed by atoms with E-state index in [1.165, 1.54) is 0 Å². The van der Waals surface area contributed by atoms with Crippen LogP contribution < -0.4 is 20.1 Å². The summed E-state index contributed by atoms with van der Waals surface area (Å²) in [5.74, 6) is 1.37. The minimum atomic E-state index is -3.17. The number of ether oxygens (including phenoxy) is 1.